The Morgan fingerprint density at radius 2 is 2.16 bits per heavy atom. The lowest BCUT2D eigenvalue weighted by molar-refractivity contribution is -0.146. The van der Waals surface area contributed by atoms with Gasteiger partial charge in [-0.3, -0.25) is 4.79 Å². The van der Waals surface area contributed by atoms with E-state index in [2.05, 4.69) is 26.9 Å². The summed E-state index contributed by atoms with van der Waals surface area (Å²) in [6, 6.07) is 7.84. The Hall–Kier alpha value is -1.54. The van der Waals surface area contributed by atoms with Crippen LogP contribution in [0.1, 0.15) is 18.4 Å². The molecule has 0 atom stereocenters. The number of ether oxygens (including phenoxy) is 1. The van der Waals surface area contributed by atoms with Crippen LogP contribution in [0.25, 0.3) is 0 Å². The number of hydrogen-bond acceptors (Lipinski definition) is 4. The zero-order valence-electron chi connectivity index (χ0n) is 10.7. The Kier molecular flexibility index (Phi) is 4.43. The largest absolute Gasteiger partial charge is 0.469 e. The van der Waals surface area contributed by atoms with Crippen molar-refractivity contribution >= 4 is 27.6 Å². The molecule has 5 heteroatoms. The summed E-state index contributed by atoms with van der Waals surface area (Å²) in [6.45, 7) is 1.66. The van der Waals surface area contributed by atoms with Gasteiger partial charge in [0.05, 0.1) is 18.6 Å². The molecule has 0 aliphatic carbocycles. The summed E-state index contributed by atoms with van der Waals surface area (Å²) in [5, 5.41) is 8.90. The molecule has 0 unspecified atom stereocenters. The zero-order valence-corrected chi connectivity index (χ0v) is 12.3. The van der Waals surface area contributed by atoms with Crippen LogP contribution in [-0.2, 0) is 9.53 Å². The third kappa shape index (κ3) is 3.07. The fraction of sp³-hybridized carbons (Fsp3) is 0.429. The van der Waals surface area contributed by atoms with Crippen molar-refractivity contribution in [2.24, 2.45) is 5.92 Å². The molecule has 19 heavy (non-hydrogen) atoms. The van der Waals surface area contributed by atoms with Gasteiger partial charge in [-0.25, -0.2) is 0 Å². The number of rotatable bonds is 2. The van der Waals surface area contributed by atoms with Crippen LogP contribution in [0.15, 0.2) is 22.7 Å². The minimum absolute atomic E-state index is 0.0167. The van der Waals surface area contributed by atoms with Crippen molar-refractivity contribution < 1.29 is 9.53 Å². The maximum atomic E-state index is 11.5. The van der Waals surface area contributed by atoms with Gasteiger partial charge in [0.1, 0.15) is 6.07 Å². The minimum Gasteiger partial charge on any atom is -0.469 e. The molecule has 0 spiro atoms. The number of nitriles is 1. The topological polar surface area (TPSA) is 53.3 Å². The lowest BCUT2D eigenvalue weighted by Crippen LogP contribution is -2.36. The number of piperidine rings is 1. The molecular formula is C14H15BrN2O2. The molecule has 0 saturated carbocycles. The summed E-state index contributed by atoms with van der Waals surface area (Å²) in [5.74, 6) is -0.0938. The van der Waals surface area contributed by atoms with Crippen LogP contribution in [0.5, 0.6) is 0 Å². The Morgan fingerprint density at radius 1 is 1.47 bits per heavy atom. The van der Waals surface area contributed by atoms with Crippen molar-refractivity contribution in [2.45, 2.75) is 12.8 Å². The number of halogens is 1. The van der Waals surface area contributed by atoms with E-state index in [0.717, 1.165) is 36.1 Å². The highest BCUT2D eigenvalue weighted by atomic mass is 79.9. The molecule has 1 heterocycles. The molecule has 4 nitrogen and oxygen atoms in total. The molecule has 1 aromatic carbocycles. The van der Waals surface area contributed by atoms with Gasteiger partial charge < -0.3 is 9.64 Å². The molecule has 0 radical (unpaired) electrons. The Labute approximate surface area is 121 Å². The van der Waals surface area contributed by atoms with E-state index < -0.39 is 0 Å². The molecule has 0 amide bonds. The minimum atomic E-state index is -0.111. The van der Waals surface area contributed by atoms with Crippen LogP contribution in [0.4, 0.5) is 5.69 Å². The molecule has 2 rings (SSSR count). The number of methoxy groups -OCH3 is 1. The van der Waals surface area contributed by atoms with E-state index in [1.165, 1.54) is 7.11 Å². The van der Waals surface area contributed by atoms with Crippen LogP contribution >= 0.6 is 15.9 Å². The van der Waals surface area contributed by atoms with E-state index in [4.69, 9.17) is 10.00 Å². The fourth-order valence-corrected chi connectivity index (χ4v) is 2.79. The van der Waals surface area contributed by atoms with Gasteiger partial charge in [-0.1, -0.05) is 0 Å². The SMILES string of the molecule is COC(=O)C1CCN(c2ccc(C#N)c(Br)c2)CC1. The average Bonchev–Trinajstić information content (AvgIpc) is 2.46. The number of hydrogen-bond donors (Lipinski definition) is 0. The van der Waals surface area contributed by atoms with Crippen LogP contribution in [0.2, 0.25) is 0 Å². The first-order valence-electron chi connectivity index (χ1n) is 6.18. The van der Waals surface area contributed by atoms with E-state index in [1.807, 2.05) is 18.2 Å². The lowest BCUT2D eigenvalue weighted by Gasteiger charge is -2.32. The molecule has 1 aliphatic heterocycles. The van der Waals surface area contributed by atoms with Crippen LogP contribution in [0, 0.1) is 17.2 Å². The molecule has 1 fully saturated rings. The third-order valence-corrected chi connectivity index (χ3v) is 4.12. The number of carbonyl (C=O) groups excluding carboxylic acids is 1. The van der Waals surface area contributed by atoms with Gasteiger partial charge >= 0.3 is 5.97 Å². The van der Waals surface area contributed by atoms with Gasteiger partial charge in [-0.05, 0) is 47.0 Å². The Balaban J connectivity index is 2.04. The predicted octanol–water partition coefficient (Wildman–Crippen LogP) is 2.71. The third-order valence-electron chi connectivity index (χ3n) is 3.47. The van der Waals surface area contributed by atoms with E-state index in [-0.39, 0.29) is 11.9 Å². The molecule has 1 aromatic rings. The molecule has 1 saturated heterocycles. The smallest absolute Gasteiger partial charge is 0.308 e. The zero-order chi connectivity index (χ0) is 13.8. The summed E-state index contributed by atoms with van der Waals surface area (Å²) in [7, 11) is 1.44. The molecular weight excluding hydrogens is 308 g/mol. The first-order chi connectivity index (χ1) is 9.15. The van der Waals surface area contributed by atoms with Gasteiger partial charge in [0, 0.05) is 23.2 Å². The molecule has 1 aliphatic rings. The van der Waals surface area contributed by atoms with E-state index >= 15 is 0 Å². The second-order valence-corrected chi connectivity index (χ2v) is 5.41. The average molecular weight is 323 g/mol. The van der Waals surface area contributed by atoms with E-state index in [9.17, 15) is 4.79 Å². The second kappa shape index (κ2) is 6.07. The van der Waals surface area contributed by atoms with Crippen molar-refractivity contribution in [3.8, 4) is 6.07 Å². The number of esters is 1. The fourth-order valence-electron chi connectivity index (χ4n) is 2.33. The van der Waals surface area contributed by atoms with Crippen LogP contribution < -0.4 is 4.90 Å². The standard InChI is InChI=1S/C14H15BrN2O2/c1-19-14(18)10-4-6-17(7-5-10)12-3-2-11(9-16)13(15)8-12/h2-3,8,10H,4-7H2,1H3. The van der Waals surface area contributed by atoms with Crippen molar-refractivity contribution in [1.82, 2.24) is 0 Å². The van der Waals surface area contributed by atoms with Gasteiger partial charge in [0.25, 0.3) is 0 Å². The van der Waals surface area contributed by atoms with E-state index in [1.54, 1.807) is 0 Å². The van der Waals surface area contributed by atoms with Crippen molar-refractivity contribution in [1.29, 1.82) is 5.26 Å². The number of anilines is 1. The Morgan fingerprint density at radius 3 is 2.68 bits per heavy atom. The maximum absolute atomic E-state index is 11.5. The highest BCUT2D eigenvalue weighted by molar-refractivity contribution is 9.10. The summed E-state index contributed by atoms with van der Waals surface area (Å²) in [4.78, 5) is 13.7. The molecule has 0 aromatic heterocycles. The van der Waals surface area contributed by atoms with E-state index in [0.29, 0.717) is 5.56 Å². The summed E-state index contributed by atoms with van der Waals surface area (Å²) >= 11 is 3.40. The normalized spacial score (nSPS) is 15.9. The molecule has 100 valence electrons. The highest BCUT2D eigenvalue weighted by Crippen LogP contribution is 2.27. The predicted molar refractivity (Wildman–Crippen MR) is 75.8 cm³/mol. The molecule has 0 bridgehead atoms. The monoisotopic (exact) mass is 322 g/mol. The second-order valence-electron chi connectivity index (χ2n) is 4.56. The van der Waals surface area contributed by atoms with Gasteiger partial charge in [0.15, 0.2) is 0 Å². The van der Waals surface area contributed by atoms with Crippen LogP contribution in [-0.4, -0.2) is 26.2 Å². The van der Waals surface area contributed by atoms with Gasteiger partial charge in [-0.2, -0.15) is 5.26 Å². The number of nitrogens with zero attached hydrogens (tertiary/aromatic N) is 2. The van der Waals surface area contributed by atoms with Crippen molar-refractivity contribution in [2.75, 3.05) is 25.1 Å². The summed E-state index contributed by atoms with van der Waals surface area (Å²) < 4.78 is 5.59. The van der Waals surface area contributed by atoms with Crippen LogP contribution in [0.3, 0.4) is 0 Å². The Bertz CT molecular complexity index is 517. The van der Waals surface area contributed by atoms with Gasteiger partial charge in [-0.15, -0.1) is 0 Å². The van der Waals surface area contributed by atoms with Crippen molar-refractivity contribution in [3.63, 3.8) is 0 Å². The highest BCUT2D eigenvalue weighted by Gasteiger charge is 2.25. The maximum Gasteiger partial charge on any atom is 0.308 e. The summed E-state index contributed by atoms with van der Waals surface area (Å²) in [6.07, 6.45) is 1.62. The quantitative estimate of drug-likeness (QED) is 0.785. The summed E-state index contributed by atoms with van der Waals surface area (Å²) in [5.41, 5.74) is 1.71. The first-order valence-corrected chi connectivity index (χ1v) is 6.97. The lowest BCUT2D eigenvalue weighted by atomic mass is 9.96. The number of benzene rings is 1. The molecule has 0 N–H and O–H groups in total. The van der Waals surface area contributed by atoms with Gasteiger partial charge in [0.2, 0.25) is 0 Å². The van der Waals surface area contributed by atoms with Crippen molar-refractivity contribution in [3.05, 3.63) is 28.2 Å². The first kappa shape index (κ1) is 13.9. The number of carbonyl (C=O) groups is 1.